The number of rotatable bonds is 6. The van der Waals surface area contributed by atoms with E-state index in [1.54, 1.807) is 6.20 Å². The highest BCUT2D eigenvalue weighted by Crippen LogP contribution is 2.26. The minimum Gasteiger partial charge on any atom is -0.487 e. The second kappa shape index (κ2) is 7.64. The minimum absolute atomic E-state index is 0.377. The highest BCUT2D eigenvalue weighted by molar-refractivity contribution is 6.31. The summed E-state index contributed by atoms with van der Waals surface area (Å²) >= 11 is 6.19. The van der Waals surface area contributed by atoms with Gasteiger partial charge < -0.3 is 10.1 Å². The van der Waals surface area contributed by atoms with E-state index < -0.39 is 0 Å². The lowest BCUT2D eigenvalue weighted by molar-refractivity contribution is 0.206. The van der Waals surface area contributed by atoms with Gasteiger partial charge in [-0.2, -0.15) is 0 Å². The number of halogens is 1. The predicted octanol–water partition coefficient (Wildman–Crippen LogP) is 4.41. The number of nitrogens with zero attached hydrogens (tertiary/aromatic N) is 1. The molecule has 0 saturated carbocycles. The van der Waals surface area contributed by atoms with Crippen LogP contribution < -0.4 is 5.32 Å². The van der Waals surface area contributed by atoms with E-state index >= 15 is 0 Å². The van der Waals surface area contributed by atoms with Crippen molar-refractivity contribution in [2.24, 2.45) is 4.99 Å². The van der Waals surface area contributed by atoms with Crippen LogP contribution in [0, 0.1) is 0 Å². The van der Waals surface area contributed by atoms with Crippen molar-refractivity contribution >= 4 is 24.0 Å². The van der Waals surface area contributed by atoms with Crippen LogP contribution >= 0.6 is 11.6 Å². The first-order chi connectivity index (χ1) is 9.13. The summed E-state index contributed by atoms with van der Waals surface area (Å²) in [4.78, 5) is 3.76. The van der Waals surface area contributed by atoms with Gasteiger partial charge in [0.2, 0.25) is 0 Å². The molecule has 1 aromatic carbocycles. The standard InChI is InChI=1S/C15H19ClN2O/c1-5-11(2)15(9-17-3)19-10-12-13(16)7-6-8-14(12)18-4/h5-9,18H,3,10H2,1-2,4H3/b11-5-,15-9+. The molecule has 0 bridgehead atoms. The Morgan fingerprint density at radius 2 is 2.26 bits per heavy atom. The van der Waals surface area contributed by atoms with Crippen molar-refractivity contribution in [3.05, 3.63) is 52.4 Å². The van der Waals surface area contributed by atoms with Gasteiger partial charge in [0.15, 0.2) is 0 Å². The summed E-state index contributed by atoms with van der Waals surface area (Å²) in [7, 11) is 1.86. The van der Waals surface area contributed by atoms with Crippen molar-refractivity contribution in [1.29, 1.82) is 0 Å². The maximum absolute atomic E-state index is 6.19. The van der Waals surface area contributed by atoms with Crippen molar-refractivity contribution in [1.82, 2.24) is 0 Å². The van der Waals surface area contributed by atoms with Gasteiger partial charge in [-0.15, -0.1) is 0 Å². The number of allylic oxidation sites excluding steroid dienone is 2. The predicted molar refractivity (Wildman–Crippen MR) is 82.9 cm³/mol. The van der Waals surface area contributed by atoms with E-state index in [4.69, 9.17) is 16.3 Å². The average Bonchev–Trinajstić information content (AvgIpc) is 2.43. The number of benzene rings is 1. The molecule has 0 aliphatic rings. The van der Waals surface area contributed by atoms with Gasteiger partial charge in [0.25, 0.3) is 0 Å². The molecule has 102 valence electrons. The van der Waals surface area contributed by atoms with Crippen LogP contribution in [0.4, 0.5) is 5.69 Å². The van der Waals surface area contributed by atoms with E-state index in [0.717, 1.165) is 16.8 Å². The Labute approximate surface area is 119 Å². The Balaban J connectivity index is 2.92. The summed E-state index contributed by atoms with van der Waals surface area (Å²) in [6.45, 7) is 7.74. The van der Waals surface area contributed by atoms with E-state index in [0.29, 0.717) is 17.4 Å². The molecule has 3 nitrogen and oxygen atoms in total. The van der Waals surface area contributed by atoms with Crippen LogP contribution in [0.15, 0.2) is 46.8 Å². The van der Waals surface area contributed by atoms with Gasteiger partial charge in [0.1, 0.15) is 12.4 Å². The number of ether oxygens (including phenoxy) is 1. The number of anilines is 1. The molecule has 1 rings (SSSR count). The summed E-state index contributed by atoms with van der Waals surface area (Å²) in [5.74, 6) is 0.694. The molecule has 19 heavy (non-hydrogen) atoms. The quantitative estimate of drug-likeness (QED) is 0.475. The van der Waals surface area contributed by atoms with Gasteiger partial charge in [-0.05, 0) is 38.3 Å². The van der Waals surface area contributed by atoms with Crippen molar-refractivity contribution in [3.8, 4) is 0 Å². The monoisotopic (exact) mass is 278 g/mol. The minimum atomic E-state index is 0.377. The number of hydrogen-bond donors (Lipinski definition) is 1. The lowest BCUT2D eigenvalue weighted by atomic mass is 10.2. The number of hydrogen-bond acceptors (Lipinski definition) is 3. The van der Waals surface area contributed by atoms with Gasteiger partial charge >= 0.3 is 0 Å². The summed E-state index contributed by atoms with van der Waals surface area (Å²) in [6.07, 6.45) is 3.56. The van der Waals surface area contributed by atoms with Gasteiger partial charge in [-0.1, -0.05) is 23.7 Å². The molecule has 0 spiro atoms. The molecule has 1 N–H and O–H groups in total. The first kappa shape index (κ1) is 15.3. The normalized spacial score (nSPS) is 12.2. The van der Waals surface area contributed by atoms with Gasteiger partial charge in [-0.25, -0.2) is 0 Å². The van der Waals surface area contributed by atoms with Gasteiger partial charge in [-0.3, -0.25) is 4.99 Å². The Morgan fingerprint density at radius 3 is 2.84 bits per heavy atom. The first-order valence-electron chi connectivity index (χ1n) is 6.01. The lowest BCUT2D eigenvalue weighted by Crippen LogP contribution is -2.00. The smallest absolute Gasteiger partial charge is 0.140 e. The van der Waals surface area contributed by atoms with Crippen molar-refractivity contribution < 1.29 is 4.74 Å². The zero-order valence-electron chi connectivity index (χ0n) is 11.5. The Kier molecular flexibility index (Phi) is 6.16. The summed E-state index contributed by atoms with van der Waals surface area (Å²) in [5.41, 5.74) is 2.88. The zero-order chi connectivity index (χ0) is 14.3. The molecule has 0 fully saturated rings. The maximum atomic E-state index is 6.19. The Morgan fingerprint density at radius 1 is 1.53 bits per heavy atom. The maximum Gasteiger partial charge on any atom is 0.140 e. The average molecular weight is 279 g/mol. The van der Waals surface area contributed by atoms with E-state index in [9.17, 15) is 0 Å². The van der Waals surface area contributed by atoms with Crippen molar-refractivity contribution in [3.63, 3.8) is 0 Å². The van der Waals surface area contributed by atoms with E-state index in [1.807, 2.05) is 45.2 Å². The molecule has 0 aromatic heterocycles. The van der Waals surface area contributed by atoms with Crippen LogP contribution in [-0.4, -0.2) is 13.8 Å². The topological polar surface area (TPSA) is 33.6 Å². The molecule has 0 atom stereocenters. The summed E-state index contributed by atoms with van der Waals surface area (Å²) in [5, 5.41) is 3.78. The largest absolute Gasteiger partial charge is 0.487 e. The van der Waals surface area contributed by atoms with Crippen molar-refractivity contribution in [2.45, 2.75) is 20.5 Å². The molecular formula is C15H19ClN2O. The number of nitrogens with one attached hydrogen (secondary N) is 1. The lowest BCUT2D eigenvalue weighted by Gasteiger charge is -2.14. The zero-order valence-corrected chi connectivity index (χ0v) is 12.3. The third-order valence-electron chi connectivity index (χ3n) is 2.79. The van der Waals surface area contributed by atoms with Crippen LogP contribution in [0.25, 0.3) is 0 Å². The van der Waals surface area contributed by atoms with E-state index in [2.05, 4.69) is 17.0 Å². The fourth-order valence-corrected chi connectivity index (χ4v) is 1.80. The fraction of sp³-hybridized carbons (Fsp3) is 0.267. The second-order valence-corrected chi connectivity index (χ2v) is 4.36. The molecule has 4 heteroatoms. The first-order valence-corrected chi connectivity index (χ1v) is 6.39. The summed E-state index contributed by atoms with van der Waals surface area (Å²) in [6, 6.07) is 5.71. The Hall–Kier alpha value is -1.74. The molecule has 1 aromatic rings. The van der Waals surface area contributed by atoms with Crippen LogP contribution in [0.5, 0.6) is 0 Å². The van der Waals surface area contributed by atoms with Crippen LogP contribution in [-0.2, 0) is 11.3 Å². The van der Waals surface area contributed by atoms with Crippen molar-refractivity contribution in [2.75, 3.05) is 12.4 Å². The molecule has 0 heterocycles. The molecule has 0 aliphatic carbocycles. The SMILES string of the molecule is C=N/C=C(OCc1c(Cl)cccc1NC)\C(C)=C/C. The van der Waals surface area contributed by atoms with Gasteiger partial charge in [0, 0.05) is 23.3 Å². The molecule has 0 unspecified atom stereocenters. The molecule has 0 aliphatic heterocycles. The highest BCUT2D eigenvalue weighted by Gasteiger charge is 2.08. The molecular weight excluding hydrogens is 260 g/mol. The van der Waals surface area contributed by atoms with Gasteiger partial charge in [0.05, 0.1) is 6.20 Å². The highest BCUT2D eigenvalue weighted by atomic mass is 35.5. The van der Waals surface area contributed by atoms with Crippen LogP contribution in [0.1, 0.15) is 19.4 Å². The number of aliphatic imine (C=N–C) groups is 1. The van der Waals surface area contributed by atoms with E-state index in [-0.39, 0.29) is 0 Å². The third kappa shape index (κ3) is 4.14. The summed E-state index contributed by atoms with van der Waals surface area (Å²) < 4.78 is 5.78. The molecule has 0 amide bonds. The molecule has 0 radical (unpaired) electrons. The van der Waals surface area contributed by atoms with E-state index in [1.165, 1.54) is 0 Å². The fourth-order valence-electron chi connectivity index (χ4n) is 1.57. The molecule has 0 saturated heterocycles. The van der Waals surface area contributed by atoms with Crippen LogP contribution in [0.3, 0.4) is 0 Å². The van der Waals surface area contributed by atoms with Crippen LogP contribution in [0.2, 0.25) is 5.02 Å². The Bertz CT molecular complexity index is 507. The second-order valence-electron chi connectivity index (χ2n) is 3.95. The third-order valence-corrected chi connectivity index (χ3v) is 3.14.